The summed E-state index contributed by atoms with van der Waals surface area (Å²) in [7, 11) is 0. The highest BCUT2D eigenvalue weighted by Crippen LogP contribution is 2.36. The van der Waals surface area contributed by atoms with E-state index in [4.69, 9.17) is 10.5 Å². The van der Waals surface area contributed by atoms with Gasteiger partial charge in [-0.2, -0.15) is 31.4 Å². The fourth-order valence-electron chi connectivity index (χ4n) is 1.76. The van der Waals surface area contributed by atoms with Crippen LogP contribution in [-0.2, 0) is 21.9 Å². The van der Waals surface area contributed by atoms with Crippen LogP contribution >= 0.6 is 0 Å². The van der Waals surface area contributed by atoms with Crippen molar-refractivity contribution in [3.63, 3.8) is 0 Å². The van der Waals surface area contributed by atoms with E-state index in [9.17, 15) is 31.1 Å². The topological polar surface area (TPSA) is 76.7 Å². The molecule has 0 aromatic heterocycles. The Morgan fingerprint density at radius 2 is 1.63 bits per heavy atom. The molecule has 0 saturated carbocycles. The van der Waals surface area contributed by atoms with Crippen molar-refractivity contribution in [2.24, 2.45) is 10.8 Å². The molecule has 0 bridgehead atoms. The zero-order valence-corrected chi connectivity index (χ0v) is 14.3. The Morgan fingerprint density at radius 3 is 2.04 bits per heavy atom. The van der Waals surface area contributed by atoms with Gasteiger partial charge >= 0.3 is 18.3 Å². The van der Waals surface area contributed by atoms with Crippen molar-refractivity contribution in [2.75, 3.05) is 6.54 Å². The number of rotatable bonds is 6. The van der Waals surface area contributed by atoms with Crippen LogP contribution in [0.1, 0.15) is 30.5 Å². The Hall–Kier alpha value is -2.72. The number of hydrogen-bond acceptors (Lipinski definition) is 4. The SMILES string of the molecule is C=C(CN/N=C(\N)c1cc(C(F)(F)F)cc(C(F)(F)F)c1)C(=O)OC(C)C. The number of alkyl halides is 6. The highest BCUT2D eigenvalue weighted by Gasteiger charge is 2.37. The number of esters is 1. The van der Waals surface area contributed by atoms with Crippen LogP contribution in [0.5, 0.6) is 0 Å². The minimum Gasteiger partial charge on any atom is -0.460 e. The van der Waals surface area contributed by atoms with E-state index < -0.39 is 47.0 Å². The largest absolute Gasteiger partial charge is 0.460 e. The fraction of sp³-hybridized carbons (Fsp3) is 0.375. The van der Waals surface area contributed by atoms with E-state index in [1.807, 2.05) is 0 Å². The quantitative estimate of drug-likeness (QED) is 0.193. The molecule has 0 aliphatic heterocycles. The summed E-state index contributed by atoms with van der Waals surface area (Å²) in [6, 6.07) is 0.864. The van der Waals surface area contributed by atoms with Gasteiger partial charge < -0.3 is 15.9 Å². The number of carbonyl (C=O) groups excluding carboxylic acids is 1. The number of halogens is 6. The summed E-state index contributed by atoms with van der Waals surface area (Å²) in [6.45, 7) is 6.38. The molecule has 0 amide bonds. The molecule has 0 unspecified atom stereocenters. The molecule has 11 heteroatoms. The van der Waals surface area contributed by atoms with Gasteiger partial charge in [-0.3, -0.25) is 0 Å². The number of hydrazone groups is 1. The summed E-state index contributed by atoms with van der Waals surface area (Å²) in [5.74, 6) is -1.36. The van der Waals surface area contributed by atoms with Crippen molar-refractivity contribution in [1.82, 2.24) is 5.43 Å². The van der Waals surface area contributed by atoms with Crippen LogP contribution in [0.15, 0.2) is 35.5 Å². The second-order valence-corrected chi connectivity index (χ2v) is 5.68. The maximum atomic E-state index is 12.8. The van der Waals surface area contributed by atoms with Gasteiger partial charge in [0.05, 0.1) is 29.3 Å². The molecule has 27 heavy (non-hydrogen) atoms. The molecule has 0 radical (unpaired) electrons. The van der Waals surface area contributed by atoms with Gasteiger partial charge in [-0.15, -0.1) is 0 Å². The summed E-state index contributed by atoms with van der Waals surface area (Å²) < 4.78 is 81.8. The van der Waals surface area contributed by atoms with Crippen molar-refractivity contribution in [3.8, 4) is 0 Å². The summed E-state index contributed by atoms with van der Waals surface area (Å²) in [5, 5.41) is 3.48. The van der Waals surface area contributed by atoms with E-state index >= 15 is 0 Å². The lowest BCUT2D eigenvalue weighted by Gasteiger charge is -2.14. The third-order valence-electron chi connectivity index (χ3n) is 3.01. The molecule has 3 N–H and O–H groups in total. The Kier molecular flexibility index (Phi) is 6.87. The molecular weight excluding hydrogens is 380 g/mol. The summed E-state index contributed by atoms with van der Waals surface area (Å²) >= 11 is 0. The number of amidine groups is 1. The Bertz CT molecular complexity index is 706. The normalized spacial score (nSPS) is 12.9. The lowest BCUT2D eigenvalue weighted by Crippen LogP contribution is -2.24. The van der Waals surface area contributed by atoms with Crippen LogP contribution in [0.4, 0.5) is 26.3 Å². The van der Waals surface area contributed by atoms with Crippen LogP contribution in [0.3, 0.4) is 0 Å². The van der Waals surface area contributed by atoms with Crippen LogP contribution in [0.2, 0.25) is 0 Å². The first-order chi connectivity index (χ1) is 12.2. The standard InChI is InChI=1S/C16H17F6N3O2/c1-8(2)27-14(26)9(3)7-24-25-13(23)10-4-11(15(17,18)19)6-12(5-10)16(20,21)22/h4-6,8,24H,3,7H2,1-2H3,(H2,23,25). The van der Waals surface area contributed by atoms with E-state index in [0.29, 0.717) is 12.1 Å². The number of hydrogen-bond donors (Lipinski definition) is 2. The van der Waals surface area contributed by atoms with Gasteiger partial charge in [-0.1, -0.05) is 6.58 Å². The molecule has 0 fully saturated rings. The zero-order valence-electron chi connectivity index (χ0n) is 14.3. The van der Waals surface area contributed by atoms with Gasteiger partial charge in [0, 0.05) is 5.56 Å². The molecule has 0 atom stereocenters. The smallest absolute Gasteiger partial charge is 0.416 e. The van der Waals surface area contributed by atoms with Crippen LogP contribution in [0.25, 0.3) is 0 Å². The Labute approximate surface area is 150 Å². The molecule has 1 rings (SSSR count). The number of benzene rings is 1. The number of ether oxygens (including phenoxy) is 1. The fourth-order valence-corrected chi connectivity index (χ4v) is 1.76. The third kappa shape index (κ3) is 6.83. The molecule has 150 valence electrons. The van der Waals surface area contributed by atoms with Crippen molar-refractivity contribution in [2.45, 2.75) is 32.3 Å². The number of nitrogens with one attached hydrogen (secondary N) is 1. The minimum atomic E-state index is -5.00. The van der Waals surface area contributed by atoms with Gasteiger partial charge in [0.1, 0.15) is 0 Å². The van der Waals surface area contributed by atoms with E-state index in [2.05, 4.69) is 17.1 Å². The van der Waals surface area contributed by atoms with Crippen LogP contribution < -0.4 is 11.2 Å². The molecule has 0 aliphatic carbocycles. The van der Waals surface area contributed by atoms with Crippen molar-refractivity contribution in [3.05, 3.63) is 47.0 Å². The van der Waals surface area contributed by atoms with Gasteiger partial charge in [0.2, 0.25) is 0 Å². The second kappa shape index (κ2) is 8.31. The predicted molar refractivity (Wildman–Crippen MR) is 85.5 cm³/mol. The highest BCUT2D eigenvalue weighted by molar-refractivity contribution is 5.97. The second-order valence-electron chi connectivity index (χ2n) is 5.68. The number of nitrogens with two attached hydrogens (primary N) is 1. The predicted octanol–water partition coefficient (Wildman–Crippen LogP) is 3.44. The summed E-state index contributed by atoms with van der Waals surface area (Å²) in [6.07, 6.45) is -10.4. The monoisotopic (exact) mass is 397 g/mol. The molecule has 0 saturated heterocycles. The lowest BCUT2D eigenvalue weighted by atomic mass is 10.0. The van der Waals surface area contributed by atoms with E-state index in [1.165, 1.54) is 0 Å². The first-order valence-electron chi connectivity index (χ1n) is 7.46. The Balaban J connectivity index is 3.02. The van der Waals surface area contributed by atoms with Crippen molar-refractivity contribution < 1.29 is 35.9 Å². The van der Waals surface area contributed by atoms with Gasteiger partial charge in [-0.05, 0) is 32.0 Å². The third-order valence-corrected chi connectivity index (χ3v) is 3.01. The molecule has 0 spiro atoms. The van der Waals surface area contributed by atoms with Crippen LogP contribution in [0, 0.1) is 0 Å². The number of nitrogens with zero attached hydrogens (tertiary/aromatic N) is 1. The first kappa shape index (κ1) is 22.3. The maximum Gasteiger partial charge on any atom is 0.416 e. The van der Waals surface area contributed by atoms with E-state index in [-0.39, 0.29) is 18.2 Å². The highest BCUT2D eigenvalue weighted by atomic mass is 19.4. The molecular formula is C16H17F6N3O2. The maximum absolute atomic E-state index is 12.8. The molecule has 1 aromatic rings. The lowest BCUT2D eigenvalue weighted by molar-refractivity contribution is -0.144. The molecule has 0 aliphatic rings. The summed E-state index contributed by atoms with van der Waals surface area (Å²) in [4.78, 5) is 11.5. The molecule has 1 aromatic carbocycles. The average Bonchev–Trinajstić information content (AvgIpc) is 2.51. The summed E-state index contributed by atoms with van der Waals surface area (Å²) in [5.41, 5.74) is 4.05. The van der Waals surface area contributed by atoms with Gasteiger partial charge in [0.25, 0.3) is 0 Å². The Morgan fingerprint density at radius 1 is 1.15 bits per heavy atom. The van der Waals surface area contributed by atoms with Crippen LogP contribution in [-0.4, -0.2) is 24.5 Å². The average molecular weight is 397 g/mol. The molecule has 5 nitrogen and oxygen atoms in total. The first-order valence-corrected chi connectivity index (χ1v) is 7.46. The molecule has 0 heterocycles. The van der Waals surface area contributed by atoms with Gasteiger partial charge in [0.15, 0.2) is 5.84 Å². The van der Waals surface area contributed by atoms with Crippen molar-refractivity contribution >= 4 is 11.8 Å². The van der Waals surface area contributed by atoms with Crippen molar-refractivity contribution in [1.29, 1.82) is 0 Å². The number of carbonyl (C=O) groups is 1. The van der Waals surface area contributed by atoms with Gasteiger partial charge in [-0.25, -0.2) is 4.79 Å². The van der Waals surface area contributed by atoms with E-state index in [0.717, 1.165) is 0 Å². The van der Waals surface area contributed by atoms with E-state index in [1.54, 1.807) is 13.8 Å². The minimum absolute atomic E-state index is 0.0199. The zero-order chi connectivity index (χ0) is 21.0.